The van der Waals surface area contributed by atoms with E-state index in [1.54, 1.807) is 19.8 Å². The second kappa shape index (κ2) is 7.75. The summed E-state index contributed by atoms with van der Waals surface area (Å²) in [5.74, 6) is 0.362. The molecule has 0 aliphatic rings. The summed E-state index contributed by atoms with van der Waals surface area (Å²) in [5.41, 5.74) is 4.31. The highest BCUT2D eigenvalue weighted by Gasteiger charge is 2.17. The lowest BCUT2D eigenvalue weighted by Crippen LogP contribution is -2.16. The van der Waals surface area contributed by atoms with Crippen molar-refractivity contribution in [1.29, 1.82) is 0 Å². The first-order valence-corrected chi connectivity index (χ1v) is 9.47. The summed E-state index contributed by atoms with van der Waals surface area (Å²) in [6.07, 6.45) is 4.10. The van der Waals surface area contributed by atoms with Crippen LogP contribution in [0.3, 0.4) is 0 Å². The van der Waals surface area contributed by atoms with Gasteiger partial charge in [0.2, 0.25) is 0 Å². The highest BCUT2D eigenvalue weighted by molar-refractivity contribution is 6.09. The molecule has 146 valence electrons. The molecule has 0 atom stereocenters. The quantitative estimate of drug-likeness (QED) is 0.546. The van der Waals surface area contributed by atoms with Gasteiger partial charge in [-0.2, -0.15) is 0 Å². The first kappa shape index (κ1) is 18.7. The van der Waals surface area contributed by atoms with Gasteiger partial charge < -0.3 is 10.1 Å². The number of fused-ring (bicyclic) bond motifs is 1. The Kier molecular flexibility index (Phi) is 4.99. The van der Waals surface area contributed by atoms with Gasteiger partial charge in [-0.25, -0.2) is 0 Å². The van der Waals surface area contributed by atoms with Crippen LogP contribution in [0.15, 0.2) is 61.2 Å². The summed E-state index contributed by atoms with van der Waals surface area (Å²) in [5, 5.41) is 12.9. The second-order valence-electron chi connectivity index (χ2n) is 6.87. The first-order valence-electron chi connectivity index (χ1n) is 9.47. The lowest BCUT2D eigenvalue weighted by atomic mass is 10.0. The number of ether oxygens (including phenoxy) is 1. The predicted octanol–water partition coefficient (Wildman–Crippen LogP) is 4.55. The van der Waals surface area contributed by atoms with E-state index in [0.29, 0.717) is 11.3 Å². The Hall–Kier alpha value is -3.67. The van der Waals surface area contributed by atoms with Gasteiger partial charge in [0.15, 0.2) is 0 Å². The van der Waals surface area contributed by atoms with E-state index >= 15 is 0 Å². The summed E-state index contributed by atoms with van der Waals surface area (Å²) in [7, 11) is 1.58. The highest BCUT2D eigenvalue weighted by atomic mass is 16.5. The van der Waals surface area contributed by atoms with Crippen LogP contribution in [0.5, 0.6) is 5.75 Å². The van der Waals surface area contributed by atoms with Crippen LogP contribution in [0, 0.1) is 6.92 Å². The van der Waals surface area contributed by atoms with Crippen LogP contribution in [-0.2, 0) is 6.42 Å². The van der Waals surface area contributed by atoms with Crippen molar-refractivity contribution >= 4 is 22.4 Å². The fraction of sp³-hybridized carbons (Fsp3) is 0.174. The predicted molar refractivity (Wildman–Crippen MR) is 114 cm³/mol. The minimum Gasteiger partial charge on any atom is -0.496 e. The van der Waals surface area contributed by atoms with Crippen molar-refractivity contribution in [3.05, 3.63) is 77.9 Å². The Labute approximate surface area is 169 Å². The molecule has 29 heavy (non-hydrogen) atoms. The van der Waals surface area contributed by atoms with Gasteiger partial charge in [0.05, 0.1) is 12.7 Å². The lowest BCUT2D eigenvalue weighted by Gasteiger charge is -2.17. The third-order valence-corrected chi connectivity index (χ3v) is 5.05. The number of amides is 1. The van der Waals surface area contributed by atoms with E-state index in [9.17, 15) is 4.79 Å². The van der Waals surface area contributed by atoms with Crippen LogP contribution in [-0.4, -0.2) is 27.8 Å². The molecule has 0 spiro atoms. The number of aromatic nitrogens is 3. The van der Waals surface area contributed by atoms with E-state index in [0.717, 1.165) is 39.7 Å². The normalized spacial score (nSPS) is 10.9. The number of aryl methyl sites for hydroxylation is 2. The summed E-state index contributed by atoms with van der Waals surface area (Å²) < 4.78 is 7.34. The number of benzene rings is 3. The molecule has 0 aliphatic heterocycles. The van der Waals surface area contributed by atoms with Crippen LogP contribution >= 0.6 is 0 Å². The largest absolute Gasteiger partial charge is 0.496 e. The highest BCUT2D eigenvalue weighted by Crippen LogP contribution is 2.29. The van der Waals surface area contributed by atoms with E-state index < -0.39 is 0 Å². The molecule has 1 heterocycles. The van der Waals surface area contributed by atoms with Gasteiger partial charge >= 0.3 is 0 Å². The van der Waals surface area contributed by atoms with E-state index in [4.69, 9.17) is 4.74 Å². The molecule has 4 aromatic rings. The van der Waals surface area contributed by atoms with E-state index in [2.05, 4.69) is 22.4 Å². The molecule has 0 bridgehead atoms. The standard InChI is InChI=1S/C23H22N4O2/c1-4-16-10-19(27-13-24-25-14-27)9-15(2)22(16)26-23(28)20-11-17-7-5-6-8-18(17)12-21(20)29-3/h5-14H,4H2,1-3H3,(H,26,28). The van der Waals surface area contributed by atoms with Crippen molar-refractivity contribution in [2.24, 2.45) is 0 Å². The van der Waals surface area contributed by atoms with Gasteiger partial charge in [-0.15, -0.1) is 10.2 Å². The molecule has 6 heteroatoms. The van der Waals surface area contributed by atoms with Gasteiger partial charge in [-0.3, -0.25) is 9.36 Å². The SMILES string of the molecule is CCc1cc(-n2cnnc2)cc(C)c1NC(=O)c1cc2ccccc2cc1OC. The van der Waals surface area contributed by atoms with Crippen molar-refractivity contribution in [2.75, 3.05) is 12.4 Å². The molecule has 0 radical (unpaired) electrons. The zero-order valence-corrected chi connectivity index (χ0v) is 16.6. The maximum absolute atomic E-state index is 13.2. The maximum Gasteiger partial charge on any atom is 0.259 e. The number of carbonyl (C=O) groups is 1. The summed E-state index contributed by atoms with van der Waals surface area (Å²) in [4.78, 5) is 13.2. The second-order valence-corrected chi connectivity index (χ2v) is 6.87. The van der Waals surface area contributed by atoms with Gasteiger partial charge in [0, 0.05) is 11.4 Å². The van der Waals surface area contributed by atoms with Crippen LogP contribution in [0.1, 0.15) is 28.4 Å². The first-order chi connectivity index (χ1) is 14.1. The number of nitrogens with one attached hydrogen (secondary N) is 1. The molecular formula is C23H22N4O2. The van der Waals surface area contributed by atoms with Crippen molar-refractivity contribution in [2.45, 2.75) is 20.3 Å². The van der Waals surface area contributed by atoms with E-state index in [-0.39, 0.29) is 5.91 Å². The van der Waals surface area contributed by atoms with E-state index in [1.165, 1.54) is 0 Å². The molecule has 1 aromatic heterocycles. The number of carbonyl (C=O) groups excluding carboxylic acids is 1. The van der Waals surface area contributed by atoms with Gasteiger partial charge in [-0.1, -0.05) is 31.2 Å². The number of hydrogen-bond acceptors (Lipinski definition) is 4. The average Bonchev–Trinajstić information content (AvgIpc) is 3.28. The van der Waals surface area contributed by atoms with Crippen molar-refractivity contribution in [3.63, 3.8) is 0 Å². The molecule has 1 N–H and O–H groups in total. The monoisotopic (exact) mass is 386 g/mol. The molecule has 0 saturated carbocycles. The third kappa shape index (κ3) is 3.57. The topological polar surface area (TPSA) is 69.0 Å². The molecule has 6 nitrogen and oxygen atoms in total. The Bertz CT molecular complexity index is 1180. The van der Waals surface area contributed by atoms with Crippen molar-refractivity contribution < 1.29 is 9.53 Å². The number of hydrogen-bond donors (Lipinski definition) is 1. The fourth-order valence-corrected chi connectivity index (χ4v) is 3.53. The van der Waals surface area contributed by atoms with Crippen LogP contribution in [0.2, 0.25) is 0 Å². The summed E-state index contributed by atoms with van der Waals surface area (Å²) in [6, 6.07) is 15.7. The summed E-state index contributed by atoms with van der Waals surface area (Å²) >= 11 is 0. The van der Waals surface area contributed by atoms with E-state index in [1.807, 2.05) is 60.0 Å². The van der Waals surface area contributed by atoms with Gasteiger partial charge in [0.25, 0.3) is 5.91 Å². The van der Waals surface area contributed by atoms with Crippen molar-refractivity contribution in [3.8, 4) is 11.4 Å². The molecule has 0 saturated heterocycles. The summed E-state index contributed by atoms with van der Waals surface area (Å²) in [6.45, 7) is 4.05. The average molecular weight is 386 g/mol. The lowest BCUT2D eigenvalue weighted by molar-refractivity contribution is 0.102. The Balaban J connectivity index is 1.72. The van der Waals surface area contributed by atoms with Gasteiger partial charge in [-0.05, 0) is 59.5 Å². The minimum atomic E-state index is -0.192. The Morgan fingerprint density at radius 1 is 1.07 bits per heavy atom. The molecule has 0 aliphatic carbocycles. The van der Waals surface area contributed by atoms with Crippen LogP contribution < -0.4 is 10.1 Å². The fourth-order valence-electron chi connectivity index (χ4n) is 3.53. The minimum absolute atomic E-state index is 0.192. The van der Waals surface area contributed by atoms with Crippen molar-refractivity contribution in [1.82, 2.24) is 14.8 Å². The zero-order valence-electron chi connectivity index (χ0n) is 16.6. The molecule has 0 fully saturated rings. The number of nitrogens with zero attached hydrogens (tertiary/aromatic N) is 3. The third-order valence-electron chi connectivity index (χ3n) is 5.05. The zero-order chi connectivity index (χ0) is 20.4. The van der Waals surface area contributed by atoms with Crippen LogP contribution in [0.4, 0.5) is 5.69 Å². The van der Waals surface area contributed by atoms with Gasteiger partial charge in [0.1, 0.15) is 18.4 Å². The molecule has 0 unspecified atom stereocenters. The number of rotatable bonds is 5. The Morgan fingerprint density at radius 2 is 1.76 bits per heavy atom. The molecule has 4 rings (SSSR count). The Morgan fingerprint density at radius 3 is 2.41 bits per heavy atom. The molecular weight excluding hydrogens is 364 g/mol. The molecule has 3 aromatic carbocycles. The molecule has 1 amide bonds. The number of methoxy groups -OCH3 is 1. The maximum atomic E-state index is 13.2. The number of anilines is 1. The smallest absolute Gasteiger partial charge is 0.259 e. The van der Waals surface area contributed by atoms with Crippen LogP contribution in [0.25, 0.3) is 16.5 Å².